The summed E-state index contributed by atoms with van der Waals surface area (Å²) in [6, 6.07) is 1.92. The van der Waals surface area contributed by atoms with E-state index in [1.54, 1.807) is 0 Å². The molecular weight excluding hydrogens is 348 g/mol. The molecule has 8 heteroatoms. The molecule has 2 amide bonds. The summed E-state index contributed by atoms with van der Waals surface area (Å²) in [5.74, 6) is -0.756. The summed E-state index contributed by atoms with van der Waals surface area (Å²) in [4.78, 5) is 26.0. The van der Waals surface area contributed by atoms with Gasteiger partial charge in [0.15, 0.2) is 9.84 Å². The Hall–Kier alpha value is -1.41. The van der Waals surface area contributed by atoms with Crippen molar-refractivity contribution >= 4 is 33.0 Å². The van der Waals surface area contributed by atoms with Gasteiger partial charge in [0.2, 0.25) is 5.91 Å². The molecule has 1 saturated heterocycles. The van der Waals surface area contributed by atoms with E-state index in [2.05, 4.69) is 17.8 Å². The number of amides is 2. The predicted octanol–water partition coefficient (Wildman–Crippen LogP) is 1.46. The second-order valence-electron chi connectivity index (χ2n) is 6.62. The van der Waals surface area contributed by atoms with Gasteiger partial charge < -0.3 is 0 Å². The van der Waals surface area contributed by atoms with Crippen LogP contribution in [0.1, 0.15) is 46.3 Å². The first-order chi connectivity index (χ1) is 11.4. The average molecular weight is 370 g/mol. The molecule has 24 heavy (non-hydrogen) atoms. The Morgan fingerprint density at radius 3 is 2.75 bits per heavy atom. The number of aryl methyl sites for hydroxylation is 1. The maximum absolute atomic E-state index is 12.2. The molecule has 3 rings (SSSR count). The highest BCUT2D eigenvalue weighted by Crippen LogP contribution is 2.33. The zero-order valence-electron chi connectivity index (χ0n) is 13.6. The van der Waals surface area contributed by atoms with E-state index in [9.17, 15) is 18.0 Å². The smallest absolute Gasteiger partial charge is 0.273 e. The number of nitrogens with one attached hydrogen (secondary N) is 2. The normalized spacial score (nSPS) is 25.0. The lowest BCUT2D eigenvalue weighted by Gasteiger charge is -2.19. The SMILES string of the molecule is CC[C@H]1CCc2sc(C(=O)NNC(=O)[C@H]3CCS(=O)(=O)C3)cc2C1. The van der Waals surface area contributed by atoms with Crippen molar-refractivity contribution in [1.82, 2.24) is 10.9 Å². The van der Waals surface area contributed by atoms with Gasteiger partial charge >= 0.3 is 0 Å². The number of fused-ring (bicyclic) bond motifs is 1. The van der Waals surface area contributed by atoms with E-state index < -0.39 is 21.7 Å². The van der Waals surface area contributed by atoms with E-state index in [4.69, 9.17) is 0 Å². The van der Waals surface area contributed by atoms with Gasteiger partial charge in [-0.25, -0.2) is 8.42 Å². The minimum atomic E-state index is -3.11. The summed E-state index contributed by atoms with van der Waals surface area (Å²) in [5, 5.41) is 0. The van der Waals surface area contributed by atoms with Crippen molar-refractivity contribution in [1.29, 1.82) is 0 Å². The highest BCUT2D eigenvalue weighted by molar-refractivity contribution is 7.91. The van der Waals surface area contributed by atoms with Crippen LogP contribution in [0.3, 0.4) is 0 Å². The molecule has 6 nitrogen and oxygen atoms in total. The molecule has 0 spiro atoms. The number of hydrogen-bond donors (Lipinski definition) is 2. The van der Waals surface area contributed by atoms with Crippen molar-refractivity contribution in [2.75, 3.05) is 11.5 Å². The summed E-state index contributed by atoms with van der Waals surface area (Å²) >= 11 is 1.48. The molecular formula is C16H22N2O4S2. The number of hydrogen-bond acceptors (Lipinski definition) is 5. The number of carbonyl (C=O) groups is 2. The fraction of sp³-hybridized carbons (Fsp3) is 0.625. The monoisotopic (exact) mass is 370 g/mol. The molecule has 1 aliphatic heterocycles. The second-order valence-corrected chi connectivity index (χ2v) is 9.98. The van der Waals surface area contributed by atoms with Crippen LogP contribution in [0.5, 0.6) is 0 Å². The molecule has 1 aliphatic carbocycles. The van der Waals surface area contributed by atoms with Crippen molar-refractivity contribution < 1.29 is 18.0 Å². The van der Waals surface area contributed by atoms with Gasteiger partial charge in [-0.05, 0) is 43.2 Å². The maximum atomic E-state index is 12.2. The Kier molecular flexibility index (Phi) is 4.96. The van der Waals surface area contributed by atoms with Gasteiger partial charge in [0.25, 0.3) is 5.91 Å². The first-order valence-corrected chi connectivity index (χ1v) is 10.9. The van der Waals surface area contributed by atoms with E-state index in [1.165, 1.54) is 21.8 Å². The van der Waals surface area contributed by atoms with E-state index in [-0.39, 0.29) is 17.4 Å². The molecule has 0 unspecified atom stereocenters. The minimum Gasteiger partial charge on any atom is -0.273 e. The fourth-order valence-electron chi connectivity index (χ4n) is 3.34. The molecule has 2 aliphatic rings. The van der Waals surface area contributed by atoms with Crippen LogP contribution < -0.4 is 10.9 Å². The quantitative estimate of drug-likeness (QED) is 0.788. The first kappa shape index (κ1) is 17.4. The highest BCUT2D eigenvalue weighted by atomic mass is 32.2. The number of rotatable bonds is 3. The van der Waals surface area contributed by atoms with Crippen molar-refractivity contribution in [2.45, 2.75) is 39.0 Å². The molecule has 1 aromatic heterocycles. The molecule has 2 atom stereocenters. The van der Waals surface area contributed by atoms with Crippen LogP contribution in [0, 0.1) is 11.8 Å². The third-order valence-corrected chi connectivity index (χ3v) is 7.89. The first-order valence-electron chi connectivity index (χ1n) is 8.30. The van der Waals surface area contributed by atoms with Gasteiger partial charge in [0, 0.05) is 4.88 Å². The fourth-order valence-corrected chi connectivity index (χ4v) is 6.19. The molecule has 0 saturated carbocycles. The number of thiophene rings is 1. The van der Waals surface area contributed by atoms with Gasteiger partial charge in [0.1, 0.15) is 0 Å². The van der Waals surface area contributed by atoms with Crippen molar-refractivity contribution in [3.05, 3.63) is 21.4 Å². The molecule has 1 aromatic rings. The zero-order chi connectivity index (χ0) is 17.3. The maximum Gasteiger partial charge on any atom is 0.279 e. The van der Waals surface area contributed by atoms with E-state index in [1.807, 2.05) is 6.07 Å². The van der Waals surface area contributed by atoms with Crippen LogP contribution in [0.25, 0.3) is 0 Å². The molecule has 132 valence electrons. The summed E-state index contributed by atoms with van der Waals surface area (Å²) in [6.45, 7) is 2.19. The molecule has 0 aromatic carbocycles. The van der Waals surface area contributed by atoms with Gasteiger partial charge in [-0.3, -0.25) is 20.4 Å². The Balaban J connectivity index is 1.56. The number of carbonyl (C=O) groups excluding carboxylic acids is 2. The lowest BCUT2D eigenvalue weighted by Crippen LogP contribution is -2.44. The van der Waals surface area contributed by atoms with Gasteiger partial charge in [-0.15, -0.1) is 11.3 Å². The van der Waals surface area contributed by atoms with Crippen LogP contribution in [0.2, 0.25) is 0 Å². The Morgan fingerprint density at radius 1 is 1.29 bits per heavy atom. The zero-order valence-corrected chi connectivity index (χ0v) is 15.3. The number of hydrazine groups is 1. The van der Waals surface area contributed by atoms with Crippen molar-refractivity contribution in [2.24, 2.45) is 11.8 Å². The summed E-state index contributed by atoms with van der Waals surface area (Å²) < 4.78 is 22.8. The molecule has 1 fully saturated rings. The Bertz CT molecular complexity index is 754. The molecule has 2 heterocycles. The Morgan fingerprint density at radius 2 is 2.08 bits per heavy atom. The highest BCUT2D eigenvalue weighted by Gasteiger charge is 2.33. The van der Waals surface area contributed by atoms with Gasteiger partial charge in [-0.2, -0.15) is 0 Å². The van der Waals surface area contributed by atoms with Crippen molar-refractivity contribution in [3.8, 4) is 0 Å². The van der Waals surface area contributed by atoms with Crippen LogP contribution in [-0.4, -0.2) is 31.7 Å². The molecule has 0 radical (unpaired) electrons. The van der Waals surface area contributed by atoms with Crippen LogP contribution in [0.15, 0.2) is 6.07 Å². The third kappa shape index (κ3) is 3.80. The number of sulfone groups is 1. The Labute approximate surface area is 145 Å². The molecule has 2 N–H and O–H groups in total. The standard InChI is InChI=1S/C16H22N2O4S2/c1-2-10-3-4-13-12(7-10)8-14(23-13)16(20)18-17-15(19)11-5-6-24(21,22)9-11/h8,10-11H,2-7,9H2,1H3,(H,17,19)(H,18,20)/t10-,11-/m0/s1. The van der Waals surface area contributed by atoms with Crippen LogP contribution in [0.4, 0.5) is 0 Å². The lowest BCUT2D eigenvalue weighted by atomic mass is 9.87. The minimum absolute atomic E-state index is 0.0370. The van der Waals surface area contributed by atoms with E-state index in [0.29, 0.717) is 17.2 Å². The summed E-state index contributed by atoms with van der Waals surface area (Å²) in [6.07, 6.45) is 4.66. The average Bonchev–Trinajstić information content (AvgIpc) is 3.14. The largest absolute Gasteiger partial charge is 0.279 e. The second kappa shape index (κ2) is 6.84. The summed E-state index contributed by atoms with van der Waals surface area (Å²) in [5.41, 5.74) is 6.03. The summed E-state index contributed by atoms with van der Waals surface area (Å²) in [7, 11) is -3.11. The van der Waals surface area contributed by atoms with E-state index >= 15 is 0 Å². The van der Waals surface area contributed by atoms with Crippen LogP contribution in [-0.2, 0) is 27.5 Å². The third-order valence-electron chi connectivity index (χ3n) is 4.89. The molecule has 0 bridgehead atoms. The van der Waals surface area contributed by atoms with E-state index in [0.717, 1.165) is 25.7 Å². The predicted molar refractivity (Wildman–Crippen MR) is 92.5 cm³/mol. The van der Waals surface area contributed by atoms with Gasteiger partial charge in [-0.1, -0.05) is 13.3 Å². The van der Waals surface area contributed by atoms with Crippen molar-refractivity contribution in [3.63, 3.8) is 0 Å². The van der Waals surface area contributed by atoms with Crippen LogP contribution >= 0.6 is 11.3 Å². The van der Waals surface area contributed by atoms with Gasteiger partial charge in [0.05, 0.1) is 22.3 Å². The lowest BCUT2D eigenvalue weighted by molar-refractivity contribution is -0.125. The topological polar surface area (TPSA) is 92.3 Å².